The predicted octanol–water partition coefficient (Wildman–Crippen LogP) is 1.04. The minimum Gasteiger partial charge on any atom is -0.384 e. The molecule has 0 radical (unpaired) electrons. The lowest BCUT2D eigenvalue weighted by Gasteiger charge is -2.25. The summed E-state index contributed by atoms with van der Waals surface area (Å²) in [7, 11) is -2.22. The molecule has 0 fully saturated rings. The number of methoxy groups -OCH3 is 1. The SMILES string of the molecule is COCC(C)(C)NS(=O)(=O)c1ccc(C)cc1C#CCO. The van der Waals surface area contributed by atoms with E-state index in [1.807, 2.05) is 6.92 Å². The van der Waals surface area contributed by atoms with Crippen molar-refractivity contribution >= 4 is 10.0 Å². The van der Waals surface area contributed by atoms with Gasteiger partial charge in [-0.2, -0.15) is 0 Å². The van der Waals surface area contributed by atoms with Crippen LogP contribution >= 0.6 is 0 Å². The van der Waals surface area contributed by atoms with E-state index >= 15 is 0 Å². The quantitative estimate of drug-likeness (QED) is 0.797. The minimum atomic E-state index is -3.73. The van der Waals surface area contributed by atoms with Crippen LogP contribution in [0, 0.1) is 18.8 Å². The van der Waals surface area contributed by atoms with Crippen molar-refractivity contribution in [3.05, 3.63) is 29.3 Å². The van der Waals surface area contributed by atoms with Crippen LogP contribution in [0.15, 0.2) is 23.1 Å². The minimum absolute atomic E-state index is 0.0956. The summed E-state index contributed by atoms with van der Waals surface area (Å²) in [5.74, 6) is 5.16. The van der Waals surface area contributed by atoms with Crippen LogP contribution in [-0.4, -0.2) is 39.4 Å². The number of aliphatic hydroxyl groups excluding tert-OH is 1. The molecule has 6 heteroatoms. The Morgan fingerprint density at radius 3 is 2.62 bits per heavy atom. The highest BCUT2D eigenvalue weighted by molar-refractivity contribution is 7.89. The molecule has 0 saturated heterocycles. The van der Waals surface area contributed by atoms with Crippen molar-refractivity contribution in [2.24, 2.45) is 0 Å². The smallest absolute Gasteiger partial charge is 0.242 e. The Balaban J connectivity index is 3.25. The second kappa shape index (κ2) is 7.05. The Kier molecular flexibility index (Phi) is 5.93. The monoisotopic (exact) mass is 311 g/mol. The molecule has 1 rings (SSSR count). The van der Waals surface area contributed by atoms with Gasteiger partial charge >= 0.3 is 0 Å². The van der Waals surface area contributed by atoms with Gasteiger partial charge in [0.25, 0.3) is 0 Å². The van der Waals surface area contributed by atoms with E-state index in [2.05, 4.69) is 16.6 Å². The molecular formula is C15H21NO4S. The van der Waals surface area contributed by atoms with Crippen LogP contribution < -0.4 is 4.72 Å². The molecule has 0 aliphatic heterocycles. The van der Waals surface area contributed by atoms with Gasteiger partial charge in [0.05, 0.1) is 17.0 Å². The van der Waals surface area contributed by atoms with Crippen LogP contribution in [0.25, 0.3) is 0 Å². The van der Waals surface area contributed by atoms with Crippen LogP contribution in [0.1, 0.15) is 25.0 Å². The van der Waals surface area contributed by atoms with Gasteiger partial charge < -0.3 is 9.84 Å². The van der Waals surface area contributed by atoms with Gasteiger partial charge in [-0.3, -0.25) is 0 Å². The lowest BCUT2D eigenvalue weighted by Crippen LogP contribution is -2.46. The largest absolute Gasteiger partial charge is 0.384 e. The zero-order valence-electron chi connectivity index (χ0n) is 12.7. The van der Waals surface area contributed by atoms with E-state index in [9.17, 15) is 8.42 Å². The molecule has 1 aromatic carbocycles. The highest BCUT2D eigenvalue weighted by Gasteiger charge is 2.27. The highest BCUT2D eigenvalue weighted by atomic mass is 32.2. The Hall–Kier alpha value is -1.39. The van der Waals surface area contributed by atoms with Crippen molar-refractivity contribution in [3.63, 3.8) is 0 Å². The molecule has 0 spiro atoms. The third kappa shape index (κ3) is 5.14. The van der Waals surface area contributed by atoms with Crippen LogP contribution in [0.4, 0.5) is 0 Å². The van der Waals surface area contributed by atoms with Crippen LogP contribution in [0.2, 0.25) is 0 Å². The Bertz CT molecular complexity index is 654. The lowest BCUT2D eigenvalue weighted by atomic mass is 10.1. The fourth-order valence-electron chi connectivity index (χ4n) is 1.92. The van der Waals surface area contributed by atoms with E-state index in [0.29, 0.717) is 5.56 Å². The summed E-state index contributed by atoms with van der Waals surface area (Å²) in [5, 5.41) is 8.79. The number of nitrogens with one attached hydrogen (secondary N) is 1. The first-order valence-corrected chi connectivity index (χ1v) is 7.93. The molecule has 0 aliphatic carbocycles. The molecule has 2 N–H and O–H groups in total. The lowest BCUT2D eigenvalue weighted by molar-refractivity contribution is 0.141. The Morgan fingerprint density at radius 1 is 1.38 bits per heavy atom. The molecule has 0 saturated carbocycles. The van der Waals surface area contributed by atoms with E-state index in [4.69, 9.17) is 9.84 Å². The topological polar surface area (TPSA) is 75.6 Å². The van der Waals surface area contributed by atoms with Crippen molar-refractivity contribution in [2.75, 3.05) is 20.3 Å². The average molecular weight is 311 g/mol. The normalized spacial score (nSPS) is 11.9. The summed E-state index contributed by atoms with van der Waals surface area (Å²) >= 11 is 0. The number of rotatable bonds is 5. The molecule has 116 valence electrons. The predicted molar refractivity (Wildman–Crippen MR) is 81.4 cm³/mol. The summed E-state index contributed by atoms with van der Waals surface area (Å²) < 4.78 is 32.7. The fourth-order valence-corrected chi connectivity index (χ4v) is 3.46. The molecule has 21 heavy (non-hydrogen) atoms. The maximum Gasteiger partial charge on any atom is 0.242 e. The van der Waals surface area contributed by atoms with Gasteiger partial charge in [0.1, 0.15) is 6.61 Å². The second-order valence-corrected chi connectivity index (χ2v) is 7.03. The molecule has 0 unspecified atom stereocenters. The molecule has 5 nitrogen and oxygen atoms in total. The van der Waals surface area contributed by atoms with Gasteiger partial charge in [-0.15, -0.1) is 0 Å². The van der Waals surface area contributed by atoms with Crippen molar-refractivity contribution < 1.29 is 18.3 Å². The molecule has 1 aromatic rings. The first kappa shape index (κ1) is 17.7. The summed E-state index contributed by atoms with van der Waals surface area (Å²) in [5.41, 5.74) is 0.525. The molecule has 0 atom stereocenters. The Labute approximate surface area is 126 Å². The van der Waals surface area contributed by atoms with Crippen molar-refractivity contribution in [1.82, 2.24) is 4.72 Å². The summed E-state index contributed by atoms with van der Waals surface area (Å²) in [6, 6.07) is 4.91. The zero-order valence-corrected chi connectivity index (χ0v) is 13.5. The average Bonchev–Trinajstić information content (AvgIpc) is 2.34. The summed E-state index contributed by atoms with van der Waals surface area (Å²) in [4.78, 5) is 0.0956. The van der Waals surface area contributed by atoms with E-state index in [0.717, 1.165) is 5.56 Å². The van der Waals surface area contributed by atoms with Crippen molar-refractivity contribution in [2.45, 2.75) is 31.2 Å². The fraction of sp³-hybridized carbons (Fsp3) is 0.467. The first-order chi connectivity index (χ1) is 9.72. The van der Waals surface area contributed by atoms with Gasteiger partial charge in [-0.25, -0.2) is 13.1 Å². The zero-order chi connectivity index (χ0) is 16.1. The number of hydrogen-bond donors (Lipinski definition) is 2. The second-order valence-electron chi connectivity index (χ2n) is 5.38. The van der Waals surface area contributed by atoms with E-state index in [1.54, 1.807) is 26.0 Å². The Morgan fingerprint density at radius 2 is 2.05 bits per heavy atom. The van der Waals surface area contributed by atoms with Crippen LogP contribution in [0.3, 0.4) is 0 Å². The standard InChI is InChI=1S/C15H21NO4S/c1-12-7-8-14(13(10-12)6-5-9-17)21(18,19)16-15(2,3)11-20-4/h7-8,10,16-17H,9,11H2,1-4H3. The number of aryl methyl sites for hydroxylation is 1. The maximum atomic E-state index is 12.5. The number of benzene rings is 1. The summed E-state index contributed by atoms with van der Waals surface area (Å²) in [6.45, 7) is 5.25. The third-order valence-electron chi connectivity index (χ3n) is 2.64. The summed E-state index contributed by atoms with van der Waals surface area (Å²) in [6.07, 6.45) is 0. The van der Waals surface area contributed by atoms with E-state index in [-0.39, 0.29) is 18.1 Å². The first-order valence-electron chi connectivity index (χ1n) is 6.45. The van der Waals surface area contributed by atoms with Crippen LogP contribution in [0.5, 0.6) is 0 Å². The van der Waals surface area contributed by atoms with Gasteiger partial charge in [0.15, 0.2) is 0 Å². The molecular weight excluding hydrogens is 290 g/mol. The third-order valence-corrected chi connectivity index (χ3v) is 4.40. The van der Waals surface area contributed by atoms with E-state index in [1.165, 1.54) is 13.2 Å². The highest BCUT2D eigenvalue weighted by Crippen LogP contribution is 2.19. The number of aliphatic hydroxyl groups is 1. The number of ether oxygens (including phenoxy) is 1. The van der Waals surface area contributed by atoms with Crippen LogP contribution in [-0.2, 0) is 14.8 Å². The molecule has 0 heterocycles. The van der Waals surface area contributed by atoms with Crippen molar-refractivity contribution in [1.29, 1.82) is 0 Å². The molecule has 0 aromatic heterocycles. The molecule has 0 bridgehead atoms. The molecule has 0 aliphatic rings. The molecule has 0 amide bonds. The van der Waals surface area contributed by atoms with Gasteiger partial charge in [-0.05, 0) is 38.5 Å². The van der Waals surface area contributed by atoms with Gasteiger partial charge in [0.2, 0.25) is 10.0 Å². The van der Waals surface area contributed by atoms with E-state index < -0.39 is 15.6 Å². The van der Waals surface area contributed by atoms with Crippen molar-refractivity contribution in [3.8, 4) is 11.8 Å². The number of sulfonamides is 1. The van der Waals surface area contributed by atoms with Gasteiger partial charge in [-0.1, -0.05) is 17.9 Å². The number of hydrogen-bond acceptors (Lipinski definition) is 4. The van der Waals surface area contributed by atoms with Gasteiger partial charge in [0, 0.05) is 12.7 Å². The maximum absolute atomic E-state index is 12.5.